The highest BCUT2D eigenvalue weighted by Gasteiger charge is 2.49. The Morgan fingerprint density at radius 2 is 1.88 bits per heavy atom. The van der Waals surface area contributed by atoms with Crippen molar-refractivity contribution in [3.8, 4) is 11.3 Å². The molecule has 0 saturated carbocycles. The van der Waals surface area contributed by atoms with Crippen molar-refractivity contribution in [1.82, 2.24) is 15.2 Å². The summed E-state index contributed by atoms with van der Waals surface area (Å²) < 4.78 is 13.3. The maximum atomic E-state index is 13.3. The normalized spacial score (nSPS) is 19.6. The number of carbonyl (C=O) groups excluding carboxylic acids is 3. The third-order valence-electron chi connectivity index (χ3n) is 6.39. The molecule has 0 spiro atoms. The highest BCUT2D eigenvalue weighted by molar-refractivity contribution is 7.14. The van der Waals surface area contributed by atoms with Gasteiger partial charge >= 0.3 is 6.03 Å². The summed E-state index contributed by atoms with van der Waals surface area (Å²) >= 11 is 1.29. The average Bonchev–Trinajstić information content (AvgIpc) is 3.38. The largest absolute Gasteiger partial charge is 0.325 e. The van der Waals surface area contributed by atoms with Crippen molar-refractivity contribution in [2.45, 2.75) is 38.1 Å². The first-order valence-corrected chi connectivity index (χ1v) is 12.0. The Balaban J connectivity index is 1.26. The molecular weight excluding hydrogens is 455 g/mol. The Kier molecular flexibility index (Phi) is 5.65. The molecule has 0 radical (unpaired) electrons. The second kappa shape index (κ2) is 8.64. The zero-order valence-corrected chi connectivity index (χ0v) is 19.4. The maximum absolute atomic E-state index is 13.3. The molecule has 2 aromatic carbocycles. The minimum atomic E-state index is -1.37. The molecule has 2 aliphatic rings. The minimum absolute atomic E-state index is 0.395. The first-order valence-electron chi connectivity index (χ1n) is 11.1. The lowest BCUT2D eigenvalue weighted by Gasteiger charge is -2.22. The molecule has 1 aliphatic heterocycles. The topological polar surface area (TPSA) is 91.4 Å². The van der Waals surface area contributed by atoms with Crippen LogP contribution in [0.4, 0.5) is 14.3 Å². The predicted octanol–water partition coefficient (Wildman–Crippen LogP) is 4.23. The van der Waals surface area contributed by atoms with Crippen molar-refractivity contribution in [3.05, 3.63) is 70.4 Å². The third kappa shape index (κ3) is 4.07. The van der Waals surface area contributed by atoms with Crippen LogP contribution in [0.5, 0.6) is 0 Å². The number of anilines is 1. The zero-order valence-electron chi connectivity index (χ0n) is 18.6. The molecule has 3 aromatic rings. The van der Waals surface area contributed by atoms with Crippen LogP contribution in [0.25, 0.3) is 11.3 Å². The Morgan fingerprint density at radius 3 is 2.65 bits per heavy atom. The number of urea groups is 1. The number of rotatable bonds is 5. The summed E-state index contributed by atoms with van der Waals surface area (Å²) in [5.74, 6) is -1.55. The third-order valence-corrected chi connectivity index (χ3v) is 7.15. The van der Waals surface area contributed by atoms with Crippen molar-refractivity contribution in [2.24, 2.45) is 0 Å². The number of nitrogens with one attached hydrogen (secondary N) is 2. The fourth-order valence-electron chi connectivity index (χ4n) is 4.48. The van der Waals surface area contributed by atoms with E-state index < -0.39 is 35.7 Å². The van der Waals surface area contributed by atoms with Crippen molar-refractivity contribution in [2.75, 3.05) is 11.9 Å². The van der Waals surface area contributed by atoms with Gasteiger partial charge in [0, 0.05) is 10.9 Å². The summed E-state index contributed by atoms with van der Waals surface area (Å²) in [6.45, 7) is 1.08. The highest BCUT2D eigenvalue weighted by Crippen LogP contribution is 2.31. The Hall–Kier alpha value is -3.59. The van der Waals surface area contributed by atoms with E-state index in [0.717, 1.165) is 29.0 Å². The molecule has 174 valence electrons. The van der Waals surface area contributed by atoms with Crippen LogP contribution in [0, 0.1) is 5.82 Å². The predicted molar refractivity (Wildman–Crippen MR) is 127 cm³/mol. The van der Waals surface area contributed by atoms with Gasteiger partial charge in [-0.3, -0.25) is 14.5 Å². The van der Waals surface area contributed by atoms with Gasteiger partial charge in [0.25, 0.3) is 5.91 Å². The quantitative estimate of drug-likeness (QED) is 0.537. The van der Waals surface area contributed by atoms with E-state index in [1.807, 2.05) is 11.4 Å². The van der Waals surface area contributed by atoms with Crippen LogP contribution in [0.3, 0.4) is 0 Å². The average molecular weight is 479 g/mol. The smallest absolute Gasteiger partial charge is 0.319 e. The van der Waals surface area contributed by atoms with Gasteiger partial charge in [0.2, 0.25) is 5.91 Å². The summed E-state index contributed by atoms with van der Waals surface area (Å²) in [4.78, 5) is 43.4. The van der Waals surface area contributed by atoms with Gasteiger partial charge in [-0.25, -0.2) is 14.2 Å². The van der Waals surface area contributed by atoms with Gasteiger partial charge in [-0.15, -0.1) is 11.3 Å². The van der Waals surface area contributed by atoms with Crippen LogP contribution in [-0.4, -0.2) is 34.3 Å². The Bertz CT molecular complexity index is 1290. The van der Waals surface area contributed by atoms with Gasteiger partial charge in [0.05, 0.1) is 5.69 Å². The highest BCUT2D eigenvalue weighted by atomic mass is 32.1. The molecule has 1 fully saturated rings. The summed E-state index contributed by atoms with van der Waals surface area (Å²) in [5, 5.41) is 7.56. The molecule has 2 heterocycles. The SMILES string of the molecule is C[C@]1(c2ccc(F)cc2)NC(=O)N(CC(=O)Nc2nc(-c3ccc4c(c3)CCCC4)cs2)C1=O. The number of benzene rings is 2. The van der Waals surface area contributed by atoms with E-state index in [9.17, 15) is 18.8 Å². The van der Waals surface area contributed by atoms with E-state index in [1.165, 1.54) is 66.5 Å². The van der Waals surface area contributed by atoms with Crippen molar-refractivity contribution < 1.29 is 18.8 Å². The number of halogens is 1. The molecule has 9 heteroatoms. The van der Waals surface area contributed by atoms with Crippen LogP contribution in [0.2, 0.25) is 0 Å². The second-order valence-electron chi connectivity index (χ2n) is 8.73. The van der Waals surface area contributed by atoms with Crippen molar-refractivity contribution >= 4 is 34.3 Å². The van der Waals surface area contributed by atoms with Crippen LogP contribution in [0.15, 0.2) is 47.8 Å². The number of amides is 4. The molecule has 1 saturated heterocycles. The van der Waals surface area contributed by atoms with Crippen LogP contribution < -0.4 is 10.6 Å². The lowest BCUT2D eigenvalue weighted by Crippen LogP contribution is -2.42. The molecular formula is C25H23FN4O3S. The summed E-state index contributed by atoms with van der Waals surface area (Å²) in [5.41, 5.74) is 3.58. The minimum Gasteiger partial charge on any atom is -0.319 e. The summed E-state index contributed by atoms with van der Waals surface area (Å²) in [6, 6.07) is 11.0. The van der Waals surface area contributed by atoms with Gasteiger partial charge in [-0.2, -0.15) is 0 Å². The van der Waals surface area contributed by atoms with Crippen molar-refractivity contribution in [3.63, 3.8) is 0 Å². The lowest BCUT2D eigenvalue weighted by molar-refractivity contribution is -0.133. The maximum Gasteiger partial charge on any atom is 0.325 e. The van der Waals surface area contributed by atoms with E-state index in [2.05, 4.69) is 27.8 Å². The lowest BCUT2D eigenvalue weighted by atomic mass is 9.90. The van der Waals surface area contributed by atoms with Crippen LogP contribution in [0.1, 0.15) is 36.5 Å². The van der Waals surface area contributed by atoms with Crippen LogP contribution >= 0.6 is 11.3 Å². The Labute approximate surface area is 200 Å². The molecule has 2 N–H and O–H groups in total. The van der Waals surface area contributed by atoms with Gasteiger partial charge in [-0.05, 0) is 67.5 Å². The number of fused-ring (bicyclic) bond motifs is 1. The molecule has 1 atom stereocenters. The van der Waals surface area contributed by atoms with E-state index in [-0.39, 0.29) is 0 Å². The van der Waals surface area contributed by atoms with Crippen LogP contribution in [-0.2, 0) is 28.0 Å². The number of aryl methyl sites for hydroxylation is 2. The number of hydrogen-bond acceptors (Lipinski definition) is 5. The number of imide groups is 1. The summed E-state index contributed by atoms with van der Waals surface area (Å²) in [7, 11) is 0. The van der Waals surface area contributed by atoms with E-state index in [1.54, 1.807) is 0 Å². The number of aromatic nitrogens is 1. The zero-order chi connectivity index (χ0) is 23.9. The number of thiazole rings is 1. The molecule has 1 aromatic heterocycles. The van der Waals surface area contributed by atoms with E-state index in [0.29, 0.717) is 10.7 Å². The van der Waals surface area contributed by atoms with Gasteiger partial charge in [-0.1, -0.05) is 24.3 Å². The van der Waals surface area contributed by atoms with Crippen molar-refractivity contribution in [1.29, 1.82) is 0 Å². The molecule has 1 aliphatic carbocycles. The summed E-state index contributed by atoms with van der Waals surface area (Å²) in [6.07, 6.45) is 4.59. The molecule has 34 heavy (non-hydrogen) atoms. The molecule has 5 rings (SSSR count). The second-order valence-corrected chi connectivity index (χ2v) is 9.59. The van der Waals surface area contributed by atoms with Gasteiger partial charge in [0.1, 0.15) is 17.9 Å². The molecule has 4 amide bonds. The molecule has 0 unspecified atom stereocenters. The monoisotopic (exact) mass is 478 g/mol. The molecule has 0 bridgehead atoms. The Morgan fingerprint density at radius 1 is 1.15 bits per heavy atom. The number of nitrogens with zero attached hydrogens (tertiary/aromatic N) is 2. The fraction of sp³-hybridized carbons (Fsp3) is 0.280. The standard InChI is InChI=1S/C25H23FN4O3S/c1-25(18-8-10-19(26)11-9-18)22(32)30(24(33)29-25)13-21(31)28-23-27-20(14-34-23)17-7-6-15-4-2-3-5-16(15)12-17/h6-12,14H,2-5,13H2,1H3,(H,29,33)(H,27,28,31)/t25-/m1/s1. The fourth-order valence-corrected chi connectivity index (χ4v) is 5.21. The van der Waals surface area contributed by atoms with E-state index >= 15 is 0 Å². The van der Waals surface area contributed by atoms with Gasteiger partial charge < -0.3 is 10.6 Å². The first kappa shape index (κ1) is 22.2. The molecule has 7 nitrogen and oxygen atoms in total. The van der Waals surface area contributed by atoms with E-state index in [4.69, 9.17) is 0 Å². The van der Waals surface area contributed by atoms with Gasteiger partial charge in [0.15, 0.2) is 5.13 Å². The first-order chi connectivity index (χ1) is 16.3. The number of carbonyl (C=O) groups is 3. The number of hydrogen-bond donors (Lipinski definition) is 2.